The number of carbonyl (C=O) groups is 1. The maximum Gasteiger partial charge on any atom is 0.425 e. The molecule has 0 saturated carbocycles. The Balaban J connectivity index is 1.55. The normalized spacial score (nSPS) is 26.8. The Hall–Kier alpha value is -1.60. The molecule has 2 fully saturated rings. The molecule has 2 aliphatic heterocycles. The van der Waals surface area contributed by atoms with E-state index in [-0.39, 0.29) is 11.9 Å². The van der Waals surface area contributed by atoms with Crippen LogP contribution in [0.1, 0.15) is 34.5 Å². The molecule has 0 aliphatic carbocycles. The lowest BCUT2D eigenvalue weighted by Gasteiger charge is -2.21. The van der Waals surface area contributed by atoms with E-state index >= 15 is 0 Å². The van der Waals surface area contributed by atoms with E-state index in [1.54, 1.807) is 18.2 Å². The van der Waals surface area contributed by atoms with Crippen molar-refractivity contribution >= 4 is 27.3 Å². The third kappa shape index (κ3) is 2.72. The standard InChI is InChI=1S/C16H15F3N2OS/c17-16(18,19)14-6-8-1-2-9(5-13(8)23-14)15(22)21-12-7-10-3-4-11(12)20-10/h1-2,5-6,10-12,20H,3-4,7H2,(H,21,22)/t10-,11+,12-/m1/s1. The van der Waals surface area contributed by atoms with Crippen LogP contribution in [-0.4, -0.2) is 24.0 Å². The minimum Gasteiger partial charge on any atom is -0.348 e. The van der Waals surface area contributed by atoms with E-state index in [0.717, 1.165) is 25.3 Å². The van der Waals surface area contributed by atoms with Crippen LogP contribution in [-0.2, 0) is 6.18 Å². The second-order valence-electron chi connectivity index (χ2n) is 6.22. The number of halogens is 3. The van der Waals surface area contributed by atoms with Crippen molar-refractivity contribution in [3.05, 3.63) is 34.7 Å². The van der Waals surface area contributed by atoms with Crippen molar-refractivity contribution in [1.82, 2.24) is 10.6 Å². The molecule has 3 nitrogen and oxygen atoms in total. The van der Waals surface area contributed by atoms with Crippen molar-refractivity contribution in [2.45, 2.75) is 43.6 Å². The third-order valence-electron chi connectivity index (χ3n) is 4.68. The molecule has 1 amide bonds. The molecule has 2 N–H and O–H groups in total. The summed E-state index contributed by atoms with van der Waals surface area (Å²) in [5.41, 5.74) is 0.413. The molecule has 3 atom stereocenters. The van der Waals surface area contributed by atoms with Crippen molar-refractivity contribution in [3.63, 3.8) is 0 Å². The lowest BCUT2D eigenvalue weighted by Crippen LogP contribution is -2.42. The summed E-state index contributed by atoms with van der Waals surface area (Å²) < 4.78 is 38.8. The van der Waals surface area contributed by atoms with E-state index in [0.29, 0.717) is 39.1 Å². The van der Waals surface area contributed by atoms with Gasteiger partial charge in [-0.2, -0.15) is 13.2 Å². The fourth-order valence-electron chi connectivity index (χ4n) is 3.55. The lowest BCUT2D eigenvalue weighted by molar-refractivity contribution is -0.134. The van der Waals surface area contributed by atoms with Crippen molar-refractivity contribution in [2.24, 2.45) is 0 Å². The number of nitrogens with one attached hydrogen (secondary N) is 2. The topological polar surface area (TPSA) is 41.1 Å². The van der Waals surface area contributed by atoms with Crippen molar-refractivity contribution in [2.75, 3.05) is 0 Å². The Labute approximate surface area is 134 Å². The van der Waals surface area contributed by atoms with Crippen LogP contribution in [0.2, 0.25) is 0 Å². The smallest absolute Gasteiger partial charge is 0.348 e. The summed E-state index contributed by atoms with van der Waals surface area (Å²) >= 11 is 0.673. The van der Waals surface area contributed by atoms with Crippen LogP contribution in [0.25, 0.3) is 10.1 Å². The predicted molar refractivity (Wildman–Crippen MR) is 82.6 cm³/mol. The van der Waals surface area contributed by atoms with E-state index in [1.807, 2.05) is 0 Å². The van der Waals surface area contributed by atoms with Gasteiger partial charge < -0.3 is 10.6 Å². The molecular weight excluding hydrogens is 325 g/mol. The summed E-state index contributed by atoms with van der Waals surface area (Å²) in [7, 11) is 0. The highest BCUT2D eigenvalue weighted by atomic mass is 32.1. The number of thiophene rings is 1. The maximum absolute atomic E-state index is 12.8. The SMILES string of the molecule is O=C(N[C@@H]1C[C@H]2CC[C@@H]1N2)c1ccc2cc(C(F)(F)F)sc2c1. The van der Waals surface area contributed by atoms with E-state index in [4.69, 9.17) is 0 Å². The summed E-state index contributed by atoms with van der Waals surface area (Å²) in [4.78, 5) is 11.7. The van der Waals surface area contributed by atoms with Gasteiger partial charge >= 0.3 is 6.18 Å². The summed E-state index contributed by atoms with van der Waals surface area (Å²) in [5, 5.41) is 6.97. The van der Waals surface area contributed by atoms with Crippen LogP contribution in [0.15, 0.2) is 24.3 Å². The van der Waals surface area contributed by atoms with Gasteiger partial charge in [-0.3, -0.25) is 4.79 Å². The zero-order valence-corrected chi connectivity index (χ0v) is 12.9. The molecule has 7 heteroatoms. The summed E-state index contributed by atoms with van der Waals surface area (Å²) in [6.45, 7) is 0. The molecule has 122 valence electrons. The first-order valence-corrected chi connectivity index (χ1v) is 8.39. The molecule has 0 spiro atoms. The number of alkyl halides is 3. The lowest BCUT2D eigenvalue weighted by atomic mass is 9.95. The Morgan fingerprint density at radius 1 is 1.26 bits per heavy atom. The van der Waals surface area contributed by atoms with Gasteiger partial charge in [-0.05, 0) is 42.8 Å². The van der Waals surface area contributed by atoms with Gasteiger partial charge in [-0.25, -0.2) is 0 Å². The molecular formula is C16H15F3N2OS. The van der Waals surface area contributed by atoms with Crippen LogP contribution in [0, 0.1) is 0 Å². The highest BCUT2D eigenvalue weighted by Gasteiger charge is 2.39. The van der Waals surface area contributed by atoms with Gasteiger partial charge in [0.05, 0.1) is 0 Å². The van der Waals surface area contributed by atoms with Crippen LogP contribution in [0.5, 0.6) is 0 Å². The van der Waals surface area contributed by atoms with Gasteiger partial charge in [0.1, 0.15) is 4.88 Å². The molecule has 2 saturated heterocycles. The van der Waals surface area contributed by atoms with Crippen molar-refractivity contribution in [1.29, 1.82) is 0 Å². The average Bonchev–Trinajstić information content (AvgIpc) is 3.20. The molecule has 1 aromatic carbocycles. The fourth-order valence-corrected chi connectivity index (χ4v) is 4.52. The number of amides is 1. The Bertz CT molecular complexity index is 770. The quantitative estimate of drug-likeness (QED) is 0.878. The van der Waals surface area contributed by atoms with Gasteiger partial charge in [0, 0.05) is 28.4 Å². The minimum atomic E-state index is -4.35. The largest absolute Gasteiger partial charge is 0.425 e. The van der Waals surface area contributed by atoms with E-state index in [1.165, 1.54) is 0 Å². The number of hydrogen-bond acceptors (Lipinski definition) is 3. The molecule has 2 bridgehead atoms. The first kappa shape index (κ1) is 15.0. The molecule has 1 aromatic heterocycles. The molecule has 2 aromatic rings. The second kappa shape index (κ2) is 5.21. The maximum atomic E-state index is 12.8. The van der Waals surface area contributed by atoms with E-state index in [2.05, 4.69) is 10.6 Å². The van der Waals surface area contributed by atoms with Crippen LogP contribution < -0.4 is 10.6 Å². The minimum absolute atomic E-state index is 0.117. The summed E-state index contributed by atoms with van der Waals surface area (Å²) in [5.74, 6) is -0.215. The molecule has 23 heavy (non-hydrogen) atoms. The first-order valence-electron chi connectivity index (χ1n) is 7.58. The Kier molecular flexibility index (Phi) is 3.39. The monoisotopic (exact) mass is 340 g/mol. The molecule has 4 rings (SSSR count). The van der Waals surface area contributed by atoms with Crippen LogP contribution in [0.3, 0.4) is 0 Å². The van der Waals surface area contributed by atoms with Gasteiger partial charge in [0.25, 0.3) is 5.91 Å². The van der Waals surface area contributed by atoms with Gasteiger partial charge in [0.2, 0.25) is 0 Å². The van der Waals surface area contributed by atoms with Gasteiger partial charge in [-0.1, -0.05) is 6.07 Å². The molecule has 2 aliphatic rings. The highest BCUT2D eigenvalue weighted by molar-refractivity contribution is 7.19. The fraction of sp³-hybridized carbons (Fsp3) is 0.438. The van der Waals surface area contributed by atoms with Gasteiger partial charge in [-0.15, -0.1) is 11.3 Å². The highest BCUT2D eigenvalue weighted by Crippen LogP contribution is 2.38. The van der Waals surface area contributed by atoms with E-state index < -0.39 is 11.1 Å². The second-order valence-corrected chi connectivity index (χ2v) is 7.31. The number of rotatable bonds is 2. The van der Waals surface area contributed by atoms with Crippen molar-refractivity contribution in [3.8, 4) is 0 Å². The van der Waals surface area contributed by atoms with Crippen LogP contribution in [0.4, 0.5) is 13.2 Å². The Morgan fingerprint density at radius 2 is 2.09 bits per heavy atom. The number of fused-ring (bicyclic) bond motifs is 3. The Morgan fingerprint density at radius 3 is 2.74 bits per heavy atom. The zero-order chi connectivity index (χ0) is 16.2. The van der Waals surface area contributed by atoms with Crippen LogP contribution >= 0.6 is 11.3 Å². The number of carbonyl (C=O) groups excluding carboxylic acids is 1. The number of hydrogen-bond donors (Lipinski definition) is 2. The first-order chi connectivity index (χ1) is 10.9. The number of benzene rings is 1. The third-order valence-corrected chi connectivity index (χ3v) is 5.82. The van der Waals surface area contributed by atoms with Gasteiger partial charge in [0.15, 0.2) is 0 Å². The summed E-state index contributed by atoms with van der Waals surface area (Å²) in [6.07, 6.45) is -1.20. The average molecular weight is 340 g/mol. The molecule has 0 unspecified atom stereocenters. The molecule has 3 heterocycles. The molecule has 0 radical (unpaired) electrons. The predicted octanol–water partition coefficient (Wildman–Crippen LogP) is 3.54. The zero-order valence-electron chi connectivity index (χ0n) is 12.1. The summed E-state index contributed by atoms with van der Waals surface area (Å²) in [6, 6.07) is 6.77. The van der Waals surface area contributed by atoms with Crippen molar-refractivity contribution < 1.29 is 18.0 Å². The van der Waals surface area contributed by atoms with E-state index in [9.17, 15) is 18.0 Å².